The Morgan fingerprint density at radius 2 is 2.11 bits per heavy atom. The topological polar surface area (TPSA) is 41.6 Å². The van der Waals surface area contributed by atoms with Crippen molar-refractivity contribution in [3.05, 3.63) is 0 Å². The predicted octanol–water partition coefficient (Wildman–Crippen LogP) is 2.00. The first kappa shape index (κ1) is 15.4. The van der Waals surface area contributed by atoms with E-state index in [9.17, 15) is 4.79 Å². The molecule has 106 valence electrons. The summed E-state index contributed by atoms with van der Waals surface area (Å²) in [7, 11) is 0. The van der Waals surface area contributed by atoms with Gasteiger partial charge in [0, 0.05) is 19.8 Å². The van der Waals surface area contributed by atoms with Crippen molar-refractivity contribution in [1.82, 2.24) is 10.2 Å². The largest absolute Gasteiger partial charge is 0.382 e. The van der Waals surface area contributed by atoms with Gasteiger partial charge in [-0.05, 0) is 25.7 Å². The smallest absolute Gasteiger partial charge is 0.241 e. The number of amides is 1. The van der Waals surface area contributed by atoms with E-state index in [0.717, 1.165) is 39.0 Å². The maximum atomic E-state index is 12.4. The van der Waals surface area contributed by atoms with Gasteiger partial charge in [0.2, 0.25) is 5.91 Å². The number of nitrogens with zero attached hydrogens (tertiary/aromatic N) is 1. The van der Waals surface area contributed by atoms with Crippen molar-refractivity contribution in [3.63, 3.8) is 0 Å². The lowest BCUT2D eigenvalue weighted by atomic mass is 9.99. The molecule has 1 saturated heterocycles. The van der Waals surface area contributed by atoms with E-state index in [4.69, 9.17) is 4.74 Å². The summed E-state index contributed by atoms with van der Waals surface area (Å²) in [5.74, 6) is 0.677. The quantitative estimate of drug-likeness (QED) is 0.675. The van der Waals surface area contributed by atoms with Gasteiger partial charge >= 0.3 is 0 Å². The van der Waals surface area contributed by atoms with E-state index >= 15 is 0 Å². The molecule has 1 aliphatic rings. The van der Waals surface area contributed by atoms with Crippen molar-refractivity contribution in [2.45, 2.75) is 59.2 Å². The van der Waals surface area contributed by atoms with E-state index in [1.807, 2.05) is 11.8 Å². The minimum absolute atomic E-state index is 0.00652. The summed E-state index contributed by atoms with van der Waals surface area (Å²) < 4.78 is 5.33. The summed E-state index contributed by atoms with van der Waals surface area (Å²) in [5, 5.41) is 3.47. The molecule has 0 spiro atoms. The minimum Gasteiger partial charge on any atom is -0.382 e. The van der Waals surface area contributed by atoms with Crippen LogP contribution in [0.3, 0.4) is 0 Å². The van der Waals surface area contributed by atoms with Gasteiger partial charge in [-0.2, -0.15) is 0 Å². The average Bonchev–Trinajstić information content (AvgIpc) is 2.71. The number of hydrogen-bond donors (Lipinski definition) is 1. The molecular formula is C14H28N2O2. The molecule has 1 fully saturated rings. The van der Waals surface area contributed by atoms with Gasteiger partial charge in [0.05, 0.1) is 12.2 Å². The highest BCUT2D eigenvalue weighted by Crippen LogP contribution is 2.21. The fraction of sp³-hybridized carbons (Fsp3) is 0.929. The van der Waals surface area contributed by atoms with Crippen LogP contribution < -0.4 is 5.32 Å². The third-order valence-electron chi connectivity index (χ3n) is 3.79. The molecule has 3 unspecified atom stereocenters. The van der Waals surface area contributed by atoms with E-state index < -0.39 is 0 Å². The second-order valence-corrected chi connectivity index (χ2v) is 5.04. The molecule has 0 aromatic heterocycles. The van der Waals surface area contributed by atoms with Crippen molar-refractivity contribution in [3.8, 4) is 0 Å². The number of carbonyl (C=O) groups is 1. The van der Waals surface area contributed by atoms with E-state index in [1.165, 1.54) is 0 Å². The summed E-state index contributed by atoms with van der Waals surface area (Å²) in [6.07, 6.45) is 3.13. The van der Waals surface area contributed by atoms with Crippen molar-refractivity contribution in [1.29, 1.82) is 0 Å². The Balaban J connectivity index is 2.51. The highest BCUT2D eigenvalue weighted by atomic mass is 16.5. The Labute approximate surface area is 111 Å². The fourth-order valence-corrected chi connectivity index (χ4v) is 2.43. The molecule has 4 heteroatoms. The van der Waals surface area contributed by atoms with E-state index in [2.05, 4.69) is 26.1 Å². The highest BCUT2D eigenvalue weighted by Gasteiger charge is 2.39. The van der Waals surface area contributed by atoms with Gasteiger partial charge in [0.15, 0.2) is 0 Å². The van der Waals surface area contributed by atoms with Crippen LogP contribution in [0.2, 0.25) is 0 Å². The average molecular weight is 256 g/mol. The Morgan fingerprint density at radius 3 is 2.67 bits per heavy atom. The van der Waals surface area contributed by atoms with Gasteiger partial charge in [-0.1, -0.05) is 27.2 Å². The first-order valence-electron chi connectivity index (χ1n) is 7.29. The molecule has 1 aliphatic heterocycles. The maximum absolute atomic E-state index is 12.4. The SMILES string of the molecule is CCOCCCN1C(=O)C(C(C)CC)NC1CC. The monoisotopic (exact) mass is 256 g/mol. The van der Waals surface area contributed by atoms with Crippen LogP contribution >= 0.6 is 0 Å². The molecule has 1 heterocycles. The van der Waals surface area contributed by atoms with E-state index in [0.29, 0.717) is 5.92 Å². The minimum atomic E-state index is 0.00652. The van der Waals surface area contributed by atoms with Gasteiger partial charge in [-0.25, -0.2) is 0 Å². The van der Waals surface area contributed by atoms with Gasteiger partial charge in [0.25, 0.3) is 0 Å². The van der Waals surface area contributed by atoms with Crippen LogP contribution in [0.25, 0.3) is 0 Å². The zero-order chi connectivity index (χ0) is 13.5. The van der Waals surface area contributed by atoms with E-state index in [1.54, 1.807) is 0 Å². The van der Waals surface area contributed by atoms with Gasteiger partial charge < -0.3 is 9.64 Å². The van der Waals surface area contributed by atoms with Gasteiger partial charge in [0.1, 0.15) is 0 Å². The number of hydrogen-bond acceptors (Lipinski definition) is 3. The maximum Gasteiger partial charge on any atom is 0.241 e. The molecule has 1 amide bonds. The van der Waals surface area contributed by atoms with E-state index in [-0.39, 0.29) is 18.1 Å². The summed E-state index contributed by atoms with van der Waals surface area (Å²) in [6.45, 7) is 10.7. The van der Waals surface area contributed by atoms with Crippen molar-refractivity contribution < 1.29 is 9.53 Å². The molecule has 0 aromatic rings. The normalized spacial score (nSPS) is 25.8. The Morgan fingerprint density at radius 1 is 1.39 bits per heavy atom. The predicted molar refractivity (Wildman–Crippen MR) is 73.3 cm³/mol. The lowest BCUT2D eigenvalue weighted by Crippen LogP contribution is -2.37. The zero-order valence-corrected chi connectivity index (χ0v) is 12.2. The molecule has 0 aliphatic carbocycles. The van der Waals surface area contributed by atoms with Crippen molar-refractivity contribution in [2.75, 3.05) is 19.8 Å². The first-order valence-corrected chi connectivity index (χ1v) is 7.29. The number of nitrogens with one attached hydrogen (secondary N) is 1. The van der Waals surface area contributed by atoms with Crippen LogP contribution in [0.4, 0.5) is 0 Å². The van der Waals surface area contributed by atoms with Crippen molar-refractivity contribution in [2.24, 2.45) is 5.92 Å². The van der Waals surface area contributed by atoms with Crippen LogP contribution in [-0.2, 0) is 9.53 Å². The molecule has 0 saturated carbocycles. The Bertz CT molecular complexity index is 258. The first-order chi connectivity index (χ1) is 8.65. The summed E-state index contributed by atoms with van der Waals surface area (Å²) in [6, 6.07) is 0.00652. The highest BCUT2D eigenvalue weighted by molar-refractivity contribution is 5.84. The summed E-state index contributed by atoms with van der Waals surface area (Å²) in [5.41, 5.74) is 0. The summed E-state index contributed by atoms with van der Waals surface area (Å²) >= 11 is 0. The van der Waals surface area contributed by atoms with Crippen LogP contribution in [-0.4, -0.2) is 42.8 Å². The number of rotatable bonds is 8. The molecule has 4 nitrogen and oxygen atoms in total. The zero-order valence-electron chi connectivity index (χ0n) is 12.2. The van der Waals surface area contributed by atoms with Crippen molar-refractivity contribution >= 4 is 5.91 Å². The molecule has 18 heavy (non-hydrogen) atoms. The molecule has 1 rings (SSSR count). The number of carbonyl (C=O) groups excluding carboxylic acids is 1. The molecule has 3 atom stereocenters. The second-order valence-electron chi connectivity index (χ2n) is 5.04. The van der Waals surface area contributed by atoms with Crippen LogP contribution in [0.1, 0.15) is 47.0 Å². The molecule has 0 aromatic carbocycles. The third kappa shape index (κ3) is 3.69. The molecule has 0 bridgehead atoms. The third-order valence-corrected chi connectivity index (χ3v) is 3.79. The van der Waals surface area contributed by atoms with Gasteiger partial charge in [-0.3, -0.25) is 10.1 Å². The number of ether oxygens (including phenoxy) is 1. The standard InChI is InChI=1S/C14H28N2O2/c1-5-11(4)13-14(17)16(12(6-2)15-13)9-8-10-18-7-3/h11-13,15H,5-10H2,1-4H3. The molecule has 0 radical (unpaired) electrons. The Kier molecular flexibility index (Phi) is 6.65. The summed E-state index contributed by atoms with van der Waals surface area (Å²) in [4.78, 5) is 14.4. The van der Waals surface area contributed by atoms with Gasteiger partial charge in [-0.15, -0.1) is 0 Å². The second kappa shape index (κ2) is 7.74. The fourth-order valence-electron chi connectivity index (χ4n) is 2.43. The Hall–Kier alpha value is -0.610. The molecule has 1 N–H and O–H groups in total. The lowest BCUT2D eigenvalue weighted by molar-refractivity contribution is -0.131. The van der Waals surface area contributed by atoms with Crippen LogP contribution in [0, 0.1) is 5.92 Å². The molecular weight excluding hydrogens is 228 g/mol. The van der Waals surface area contributed by atoms with Crippen LogP contribution in [0.5, 0.6) is 0 Å². The van der Waals surface area contributed by atoms with Crippen LogP contribution in [0.15, 0.2) is 0 Å². The lowest BCUT2D eigenvalue weighted by Gasteiger charge is -2.22.